The molecule has 2 amide bonds. The molecule has 3 N–H and O–H groups in total. The van der Waals surface area contributed by atoms with Crippen molar-refractivity contribution in [3.8, 4) is 0 Å². The Hall–Kier alpha value is -0.990. The van der Waals surface area contributed by atoms with E-state index in [4.69, 9.17) is 5.73 Å². The van der Waals surface area contributed by atoms with Crippen LogP contribution in [0.2, 0.25) is 0 Å². The number of rotatable bonds is 1. The molecule has 0 saturated heterocycles. The van der Waals surface area contributed by atoms with E-state index in [1.807, 2.05) is 0 Å². The van der Waals surface area contributed by atoms with Crippen molar-refractivity contribution in [3.05, 3.63) is 11.6 Å². The van der Waals surface area contributed by atoms with Gasteiger partial charge in [-0.1, -0.05) is 11.6 Å². The molecule has 3 heteroatoms. The number of amides is 2. The van der Waals surface area contributed by atoms with Gasteiger partial charge in [0.25, 0.3) is 0 Å². The van der Waals surface area contributed by atoms with Gasteiger partial charge in [-0.25, -0.2) is 4.79 Å². The average molecular weight is 154 g/mol. The van der Waals surface area contributed by atoms with Crippen molar-refractivity contribution >= 4 is 6.03 Å². The number of hydrogen-bond acceptors (Lipinski definition) is 1. The maximum absolute atomic E-state index is 10.4. The van der Waals surface area contributed by atoms with Crippen LogP contribution in [0.3, 0.4) is 0 Å². The number of nitrogens with one attached hydrogen (secondary N) is 1. The molecular formula is C8H14N2O. The monoisotopic (exact) mass is 154 g/mol. The number of carbonyl (C=O) groups excluding carboxylic acids is 1. The van der Waals surface area contributed by atoms with Gasteiger partial charge in [0.05, 0.1) is 0 Å². The summed E-state index contributed by atoms with van der Waals surface area (Å²) in [5.41, 5.74) is 6.40. The van der Waals surface area contributed by atoms with E-state index < -0.39 is 6.03 Å². The van der Waals surface area contributed by atoms with E-state index in [2.05, 4.69) is 18.3 Å². The van der Waals surface area contributed by atoms with Crippen molar-refractivity contribution in [2.45, 2.75) is 32.2 Å². The molecule has 0 saturated carbocycles. The molecule has 0 aromatic rings. The molecule has 0 radical (unpaired) electrons. The van der Waals surface area contributed by atoms with Gasteiger partial charge in [-0.05, 0) is 26.2 Å². The summed E-state index contributed by atoms with van der Waals surface area (Å²) in [6, 6.07) is -0.154. The fourth-order valence-electron chi connectivity index (χ4n) is 1.30. The molecule has 0 aromatic heterocycles. The van der Waals surface area contributed by atoms with E-state index in [1.165, 1.54) is 5.57 Å². The highest BCUT2D eigenvalue weighted by atomic mass is 16.2. The van der Waals surface area contributed by atoms with Gasteiger partial charge in [0.2, 0.25) is 0 Å². The van der Waals surface area contributed by atoms with Gasteiger partial charge in [0.15, 0.2) is 0 Å². The molecule has 0 aromatic carbocycles. The van der Waals surface area contributed by atoms with Crippen molar-refractivity contribution < 1.29 is 4.79 Å². The third kappa shape index (κ3) is 2.62. The Morgan fingerprint density at radius 1 is 1.82 bits per heavy atom. The van der Waals surface area contributed by atoms with E-state index in [-0.39, 0.29) is 6.04 Å². The highest BCUT2D eigenvalue weighted by molar-refractivity contribution is 5.72. The lowest BCUT2D eigenvalue weighted by molar-refractivity contribution is 0.244. The SMILES string of the molecule is CC1=CCC(NC(N)=O)CC1. The van der Waals surface area contributed by atoms with Crippen LogP contribution in [0.15, 0.2) is 11.6 Å². The van der Waals surface area contributed by atoms with Gasteiger partial charge in [-0.3, -0.25) is 0 Å². The number of allylic oxidation sites excluding steroid dienone is 1. The quantitative estimate of drug-likeness (QED) is 0.547. The van der Waals surface area contributed by atoms with Crippen LogP contribution in [0.25, 0.3) is 0 Å². The molecule has 0 bridgehead atoms. The average Bonchev–Trinajstić information content (AvgIpc) is 1.93. The minimum absolute atomic E-state index is 0.260. The zero-order valence-electron chi connectivity index (χ0n) is 6.76. The third-order valence-corrected chi connectivity index (χ3v) is 1.98. The zero-order valence-corrected chi connectivity index (χ0v) is 6.76. The molecule has 0 aliphatic heterocycles. The molecule has 1 unspecified atom stereocenters. The summed E-state index contributed by atoms with van der Waals surface area (Å²) in [6.45, 7) is 2.11. The van der Waals surface area contributed by atoms with Gasteiger partial charge >= 0.3 is 6.03 Å². The lowest BCUT2D eigenvalue weighted by atomic mass is 9.96. The molecule has 62 valence electrons. The standard InChI is InChI=1S/C8H14N2O/c1-6-2-4-7(5-3-6)10-8(9)11/h2,7H,3-5H2,1H3,(H3,9,10,11). The topological polar surface area (TPSA) is 55.1 Å². The molecule has 1 aliphatic rings. The minimum Gasteiger partial charge on any atom is -0.352 e. The van der Waals surface area contributed by atoms with Crippen molar-refractivity contribution in [1.82, 2.24) is 5.32 Å². The van der Waals surface area contributed by atoms with E-state index in [0.717, 1.165) is 19.3 Å². The van der Waals surface area contributed by atoms with Gasteiger partial charge in [0.1, 0.15) is 0 Å². The normalized spacial score (nSPS) is 24.1. The number of carbonyl (C=O) groups is 1. The Balaban J connectivity index is 2.35. The molecule has 0 spiro atoms. The summed E-state index contributed by atoms with van der Waals surface area (Å²) in [4.78, 5) is 10.4. The van der Waals surface area contributed by atoms with Crippen molar-refractivity contribution in [1.29, 1.82) is 0 Å². The Bertz CT molecular complexity index is 187. The summed E-state index contributed by atoms with van der Waals surface area (Å²) in [7, 11) is 0. The first-order valence-corrected chi connectivity index (χ1v) is 3.90. The zero-order chi connectivity index (χ0) is 8.27. The first-order valence-electron chi connectivity index (χ1n) is 3.90. The Morgan fingerprint density at radius 2 is 2.55 bits per heavy atom. The molecular weight excluding hydrogens is 140 g/mol. The first-order chi connectivity index (χ1) is 5.18. The van der Waals surface area contributed by atoms with E-state index in [1.54, 1.807) is 0 Å². The van der Waals surface area contributed by atoms with Crippen molar-refractivity contribution in [2.75, 3.05) is 0 Å². The number of urea groups is 1. The van der Waals surface area contributed by atoms with E-state index in [9.17, 15) is 4.79 Å². The molecule has 0 fully saturated rings. The van der Waals surface area contributed by atoms with Crippen LogP contribution in [-0.4, -0.2) is 12.1 Å². The summed E-state index contributed by atoms with van der Waals surface area (Å²) in [5.74, 6) is 0. The van der Waals surface area contributed by atoms with E-state index >= 15 is 0 Å². The molecule has 0 heterocycles. The highest BCUT2D eigenvalue weighted by Gasteiger charge is 2.12. The lowest BCUT2D eigenvalue weighted by Crippen LogP contribution is -2.39. The van der Waals surface area contributed by atoms with Crippen LogP contribution >= 0.6 is 0 Å². The fourth-order valence-corrected chi connectivity index (χ4v) is 1.30. The van der Waals surface area contributed by atoms with E-state index in [0.29, 0.717) is 0 Å². The Kier molecular flexibility index (Phi) is 2.52. The van der Waals surface area contributed by atoms with Crippen LogP contribution in [0.1, 0.15) is 26.2 Å². The van der Waals surface area contributed by atoms with Gasteiger partial charge in [0, 0.05) is 6.04 Å². The summed E-state index contributed by atoms with van der Waals surface area (Å²) in [6.07, 6.45) is 5.18. The van der Waals surface area contributed by atoms with Crippen LogP contribution < -0.4 is 11.1 Å². The smallest absolute Gasteiger partial charge is 0.312 e. The van der Waals surface area contributed by atoms with Crippen LogP contribution in [-0.2, 0) is 0 Å². The molecule has 3 nitrogen and oxygen atoms in total. The third-order valence-electron chi connectivity index (χ3n) is 1.98. The maximum atomic E-state index is 10.4. The number of primary amides is 1. The van der Waals surface area contributed by atoms with Crippen molar-refractivity contribution in [2.24, 2.45) is 5.73 Å². The maximum Gasteiger partial charge on any atom is 0.312 e. The molecule has 1 atom stereocenters. The molecule has 11 heavy (non-hydrogen) atoms. The molecule has 1 rings (SSSR count). The summed E-state index contributed by atoms with van der Waals surface area (Å²) in [5, 5.41) is 2.70. The summed E-state index contributed by atoms with van der Waals surface area (Å²) >= 11 is 0. The number of hydrogen-bond donors (Lipinski definition) is 2. The second-order valence-electron chi connectivity index (χ2n) is 3.03. The predicted octanol–water partition coefficient (Wildman–Crippen LogP) is 1.15. The summed E-state index contributed by atoms with van der Waals surface area (Å²) < 4.78 is 0. The van der Waals surface area contributed by atoms with Gasteiger partial charge < -0.3 is 11.1 Å². The second kappa shape index (κ2) is 3.42. The Morgan fingerprint density at radius 3 is 3.00 bits per heavy atom. The number of nitrogens with two attached hydrogens (primary N) is 1. The fraction of sp³-hybridized carbons (Fsp3) is 0.625. The van der Waals surface area contributed by atoms with Crippen LogP contribution in [0.4, 0.5) is 4.79 Å². The van der Waals surface area contributed by atoms with Gasteiger partial charge in [-0.15, -0.1) is 0 Å². The van der Waals surface area contributed by atoms with Crippen LogP contribution in [0, 0.1) is 0 Å². The van der Waals surface area contributed by atoms with Gasteiger partial charge in [-0.2, -0.15) is 0 Å². The predicted molar refractivity (Wildman–Crippen MR) is 44.1 cm³/mol. The minimum atomic E-state index is -0.414. The highest BCUT2D eigenvalue weighted by Crippen LogP contribution is 2.16. The van der Waals surface area contributed by atoms with Crippen LogP contribution in [0.5, 0.6) is 0 Å². The molecule has 1 aliphatic carbocycles. The first kappa shape index (κ1) is 8.11. The van der Waals surface area contributed by atoms with Crippen molar-refractivity contribution in [3.63, 3.8) is 0 Å². The Labute approximate surface area is 66.6 Å². The second-order valence-corrected chi connectivity index (χ2v) is 3.03. The largest absolute Gasteiger partial charge is 0.352 e. The lowest BCUT2D eigenvalue weighted by Gasteiger charge is -2.20.